The van der Waals surface area contributed by atoms with E-state index in [4.69, 9.17) is 0 Å². The number of aryl methyl sites for hydroxylation is 1. The van der Waals surface area contributed by atoms with E-state index < -0.39 is 23.4 Å². The van der Waals surface area contributed by atoms with Crippen molar-refractivity contribution in [2.45, 2.75) is 6.92 Å². The molecule has 0 aliphatic carbocycles. The van der Waals surface area contributed by atoms with Crippen molar-refractivity contribution < 1.29 is 18.0 Å². The predicted octanol–water partition coefficient (Wildman–Crippen LogP) is 3.66. The SMILES string of the molecule is Cc1ccc(C(=O)Nc2ccc(F)c(F)c2)cc1F. The van der Waals surface area contributed by atoms with Gasteiger partial charge >= 0.3 is 0 Å². The van der Waals surface area contributed by atoms with Gasteiger partial charge in [-0.3, -0.25) is 4.79 Å². The van der Waals surface area contributed by atoms with Gasteiger partial charge in [-0.05, 0) is 36.8 Å². The Balaban J connectivity index is 2.20. The van der Waals surface area contributed by atoms with Gasteiger partial charge in [-0.25, -0.2) is 13.2 Å². The summed E-state index contributed by atoms with van der Waals surface area (Å²) in [7, 11) is 0. The van der Waals surface area contributed by atoms with Crippen molar-refractivity contribution in [3.05, 3.63) is 65.0 Å². The number of amides is 1. The van der Waals surface area contributed by atoms with Gasteiger partial charge in [0.25, 0.3) is 5.91 Å². The first-order valence-electron chi connectivity index (χ1n) is 5.50. The third kappa shape index (κ3) is 2.93. The lowest BCUT2D eigenvalue weighted by molar-refractivity contribution is 0.102. The number of nitrogens with one attached hydrogen (secondary N) is 1. The Labute approximate surface area is 107 Å². The summed E-state index contributed by atoms with van der Waals surface area (Å²) in [6.45, 7) is 1.58. The molecule has 0 radical (unpaired) electrons. The van der Waals surface area contributed by atoms with Crippen molar-refractivity contribution in [2.24, 2.45) is 0 Å². The zero-order valence-electron chi connectivity index (χ0n) is 10.0. The van der Waals surface area contributed by atoms with Crippen molar-refractivity contribution in [3.8, 4) is 0 Å². The first-order chi connectivity index (χ1) is 8.97. The molecule has 0 aromatic heterocycles. The van der Waals surface area contributed by atoms with Gasteiger partial charge in [0.05, 0.1) is 0 Å². The molecule has 0 spiro atoms. The average molecular weight is 265 g/mol. The Morgan fingerprint density at radius 3 is 2.32 bits per heavy atom. The lowest BCUT2D eigenvalue weighted by Gasteiger charge is -2.06. The van der Waals surface area contributed by atoms with Gasteiger partial charge in [0.15, 0.2) is 11.6 Å². The second-order valence-corrected chi connectivity index (χ2v) is 4.05. The van der Waals surface area contributed by atoms with Crippen LogP contribution in [-0.4, -0.2) is 5.91 Å². The smallest absolute Gasteiger partial charge is 0.255 e. The highest BCUT2D eigenvalue weighted by Gasteiger charge is 2.10. The largest absolute Gasteiger partial charge is 0.322 e. The monoisotopic (exact) mass is 265 g/mol. The molecule has 2 rings (SSSR count). The Kier molecular flexibility index (Phi) is 3.55. The summed E-state index contributed by atoms with van der Waals surface area (Å²) in [4.78, 5) is 11.8. The molecule has 2 nitrogen and oxygen atoms in total. The van der Waals surface area contributed by atoms with Crippen LogP contribution in [0, 0.1) is 24.4 Å². The maximum absolute atomic E-state index is 13.3. The van der Waals surface area contributed by atoms with Crippen LogP contribution < -0.4 is 5.32 Å². The molecule has 2 aromatic rings. The molecule has 0 fully saturated rings. The highest BCUT2D eigenvalue weighted by Crippen LogP contribution is 2.15. The van der Waals surface area contributed by atoms with Gasteiger partial charge in [-0.2, -0.15) is 0 Å². The summed E-state index contributed by atoms with van der Waals surface area (Å²) in [5.41, 5.74) is 0.627. The van der Waals surface area contributed by atoms with E-state index in [0.717, 1.165) is 18.2 Å². The molecule has 2 aromatic carbocycles. The van der Waals surface area contributed by atoms with Crippen LogP contribution in [0.3, 0.4) is 0 Å². The summed E-state index contributed by atoms with van der Waals surface area (Å²) in [5.74, 6) is -3.16. The van der Waals surface area contributed by atoms with Crippen LogP contribution in [-0.2, 0) is 0 Å². The Morgan fingerprint density at radius 1 is 0.947 bits per heavy atom. The minimum atomic E-state index is -1.06. The molecule has 1 amide bonds. The first kappa shape index (κ1) is 13.1. The molecule has 1 N–H and O–H groups in total. The zero-order chi connectivity index (χ0) is 14.0. The van der Waals surface area contributed by atoms with Crippen LogP contribution in [0.2, 0.25) is 0 Å². The van der Waals surface area contributed by atoms with E-state index in [9.17, 15) is 18.0 Å². The fraction of sp³-hybridized carbons (Fsp3) is 0.0714. The predicted molar refractivity (Wildman–Crippen MR) is 65.4 cm³/mol. The van der Waals surface area contributed by atoms with E-state index in [-0.39, 0.29) is 11.3 Å². The Morgan fingerprint density at radius 2 is 1.68 bits per heavy atom. The number of hydrogen-bond donors (Lipinski definition) is 1. The summed E-state index contributed by atoms with van der Waals surface area (Å²) in [6.07, 6.45) is 0. The minimum Gasteiger partial charge on any atom is -0.322 e. The van der Waals surface area contributed by atoms with Gasteiger partial charge in [-0.1, -0.05) is 6.07 Å². The molecule has 0 aliphatic heterocycles. The Bertz CT molecular complexity index is 641. The van der Waals surface area contributed by atoms with E-state index in [1.54, 1.807) is 6.92 Å². The van der Waals surface area contributed by atoms with Gasteiger partial charge < -0.3 is 5.32 Å². The number of carbonyl (C=O) groups excluding carboxylic acids is 1. The lowest BCUT2D eigenvalue weighted by atomic mass is 10.1. The highest BCUT2D eigenvalue weighted by atomic mass is 19.2. The van der Waals surface area contributed by atoms with E-state index in [0.29, 0.717) is 5.56 Å². The van der Waals surface area contributed by atoms with Crippen LogP contribution in [0.25, 0.3) is 0 Å². The normalized spacial score (nSPS) is 10.3. The van der Waals surface area contributed by atoms with Gasteiger partial charge in [0, 0.05) is 17.3 Å². The molecule has 0 unspecified atom stereocenters. The molecule has 5 heteroatoms. The van der Waals surface area contributed by atoms with Crippen molar-refractivity contribution in [2.75, 3.05) is 5.32 Å². The first-order valence-corrected chi connectivity index (χ1v) is 5.50. The Hall–Kier alpha value is -2.30. The van der Waals surface area contributed by atoms with Gasteiger partial charge in [0.2, 0.25) is 0 Å². The number of halogens is 3. The molecule has 98 valence electrons. The second-order valence-electron chi connectivity index (χ2n) is 4.05. The molecule has 0 saturated carbocycles. The number of carbonyl (C=O) groups is 1. The summed E-state index contributed by atoms with van der Waals surface area (Å²) >= 11 is 0. The number of anilines is 1. The minimum absolute atomic E-state index is 0.102. The standard InChI is InChI=1S/C14H10F3NO/c1-8-2-3-9(6-12(8)16)14(19)18-10-4-5-11(15)13(17)7-10/h2-7H,1H3,(H,18,19). The van der Waals surface area contributed by atoms with Crippen LogP contribution in [0.1, 0.15) is 15.9 Å². The number of benzene rings is 2. The fourth-order valence-corrected chi connectivity index (χ4v) is 1.51. The fourth-order valence-electron chi connectivity index (χ4n) is 1.51. The van der Waals surface area contributed by atoms with E-state index in [1.165, 1.54) is 18.2 Å². The van der Waals surface area contributed by atoms with Crippen molar-refractivity contribution >= 4 is 11.6 Å². The molecule has 19 heavy (non-hydrogen) atoms. The van der Waals surface area contributed by atoms with Crippen LogP contribution >= 0.6 is 0 Å². The summed E-state index contributed by atoms with van der Waals surface area (Å²) < 4.78 is 39.0. The quantitative estimate of drug-likeness (QED) is 0.882. The molecule has 0 bridgehead atoms. The average Bonchev–Trinajstić information content (AvgIpc) is 2.37. The van der Waals surface area contributed by atoms with Crippen molar-refractivity contribution in [3.63, 3.8) is 0 Å². The van der Waals surface area contributed by atoms with E-state index in [2.05, 4.69) is 5.32 Å². The number of rotatable bonds is 2. The zero-order valence-corrected chi connectivity index (χ0v) is 10.0. The highest BCUT2D eigenvalue weighted by molar-refractivity contribution is 6.04. The maximum atomic E-state index is 13.3. The second kappa shape index (κ2) is 5.14. The van der Waals surface area contributed by atoms with Crippen LogP contribution in [0.5, 0.6) is 0 Å². The lowest BCUT2D eigenvalue weighted by Crippen LogP contribution is -2.12. The third-order valence-electron chi connectivity index (χ3n) is 2.61. The van der Waals surface area contributed by atoms with E-state index >= 15 is 0 Å². The molecule has 0 aliphatic rings. The topological polar surface area (TPSA) is 29.1 Å². The summed E-state index contributed by atoms with van der Waals surface area (Å²) in [5, 5.41) is 2.36. The van der Waals surface area contributed by atoms with Gasteiger partial charge in [-0.15, -0.1) is 0 Å². The molecule has 0 heterocycles. The van der Waals surface area contributed by atoms with Gasteiger partial charge in [0.1, 0.15) is 5.82 Å². The van der Waals surface area contributed by atoms with Crippen LogP contribution in [0.4, 0.5) is 18.9 Å². The van der Waals surface area contributed by atoms with E-state index in [1.807, 2.05) is 0 Å². The molecular weight excluding hydrogens is 255 g/mol. The molecule has 0 saturated heterocycles. The third-order valence-corrected chi connectivity index (χ3v) is 2.61. The molecular formula is C14H10F3NO. The maximum Gasteiger partial charge on any atom is 0.255 e. The van der Waals surface area contributed by atoms with Crippen LogP contribution in [0.15, 0.2) is 36.4 Å². The molecule has 0 atom stereocenters. The van der Waals surface area contributed by atoms with Crippen molar-refractivity contribution in [1.82, 2.24) is 0 Å². The van der Waals surface area contributed by atoms with Crippen molar-refractivity contribution in [1.29, 1.82) is 0 Å². The number of hydrogen-bond acceptors (Lipinski definition) is 1. The summed E-state index contributed by atoms with van der Waals surface area (Å²) in [6, 6.07) is 6.99.